The smallest absolute Gasteiger partial charge is 0.287 e. The van der Waals surface area contributed by atoms with Gasteiger partial charge in [0.1, 0.15) is 5.58 Å². The van der Waals surface area contributed by atoms with Gasteiger partial charge in [0.2, 0.25) is 0 Å². The van der Waals surface area contributed by atoms with E-state index < -0.39 is 0 Å². The van der Waals surface area contributed by atoms with E-state index in [0.29, 0.717) is 22.5 Å². The molecule has 1 amide bonds. The first-order valence-corrected chi connectivity index (χ1v) is 11.1. The van der Waals surface area contributed by atoms with Gasteiger partial charge in [-0.1, -0.05) is 30.2 Å². The Balaban J connectivity index is 1.56. The normalized spacial score (nSPS) is 15.7. The van der Waals surface area contributed by atoms with Crippen LogP contribution >= 0.6 is 11.6 Å². The van der Waals surface area contributed by atoms with E-state index in [1.807, 2.05) is 50.2 Å². The van der Waals surface area contributed by atoms with Gasteiger partial charge in [0.15, 0.2) is 11.2 Å². The van der Waals surface area contributed by atoms with Gasteiger partial charge < -0.3 is 9.73 Å². The second-order valence-electron chi connectivity index (χ2n) is 8.28. The first-order chi connectivity index (χ1) is 14.9. The number of hydrogen-bond donors (Lipinski definition) is 1. The number of hydrogen-bond acceptors (Lipinski definition) is 4. The third kappa shape index (κ3) is 4.83. The number of carbonyl (C=O) groups is 1. The summed E-state index contributed by atoms with van der Waals surface area (Å²) in [6.07, 6.45) is 3.53. The molecule has 1 saturated heterocycles. The SMILES string of the molecule is Cc1cc2oc(C(=O)NC[C@H](c3ccc(Cl)cc3)N3CCCCC3)cc(=O)c2cc1C. The number of carbonyl (C=O) groups excluding carboxylic acids is 1. The predicted molar refractivity (Wildman–Crippen MR) is 124 cm³/mol. The molecule has 31 heavy (non-hydrogen) atoms. The number of likely N-dealkylation sites (tertiary alicyclic amines) is 1. The summed E-state index contributed by atoms with van der Waals surface area (Å²) in [5, 5.41) is 4.16. The summed E-state index contributed by atoms with van der Waals surface area (Å²) in [6.45, 7) is 6.32. The van der Waals surface area contributed by atoms with Crippen LogP contribution < -0.4 is 10.7 Å². The topological polar surface area (TPSA) is 62.6 Å². The molecular formula is C25H27ClN2O3. The Hall–Kier alpha value is -2.63. The van der Waals surface area contributed by atoms with E-state index in [1.165, 1.54) is 12.5 Å². The van der Waals surface area contributed by atoms with Gasteiger partial charge in [-0.3, -0.25) is 14.5 Å². The van der Waals surface area contributed by atoms with E-state index in [0.717, 1.165) is 42.6 Å². The Morgan fingerprint density at radius 3 is 2.45 bits per heavy atom. The molecule has 1 aromatic heterocycles. The predicted octanol–water partition coefficient (Wildman–Crippen LogP) is 5.02. The zero-order chi connectivity index (χ0) is 22.0. The number of nitrogens with zero attached hydrogens (tertiary/aromatic N) is 1. The number of benzene rings is 2. The van der Waals surface area contributed by atoms with Crippen molar-refractivity contribution in [2.24, 2.45) is 0 Å². The van der Waals surface area contributed by atoms with Crippen LogP contribution in [0.15, 0.2) is 51.7 Å². The Morgan fingerprint density at radius 1 is 1.06 bits per heavy atom. The first kappa shape index (κ1) is 21.6. The summed E-state index contributed by atoms with van der Waals surface area (Å²) in [6, 6.07) is 12.7. The van der Waals surface area contributed by atoms with Crippen LogP contribution in [0.5, 0.6) is 0 Å². The van der Waals surface area contributed by atoms with Crippen molar-refractivity contribution < 1.29 is 9.21 Å². The molecule has 162 valence electrons. The third-order valence-electron chi connectivity index (χ3n) is 6.11. The molecule has 0 radical (unpaired) electrons. The molecule has 1 aliphatic heterocycles. The van der Waals surface area contributed by atoms with Crippen LogP contribution in [0.3, 0.4) is 0 Å². The lowest BCUT2D eigenvalue weighted by Crippen LogP contribution is -2.40. The van der Waals surface area contributed by atoms with Crippen molar-refractivity contribution in [2.75, 3.05) is 19.6 Å². The summed E-state index contributed by atoms with van der Waals surface area (Å²) in [7, 11) is 0. The van der Waals surface area contributed by atoms with E-state index in [2.05, 4.69) is 10.2 Å². The van der Waals surface area contributed by atoms with Gasteiger partial charge in [-0.05, 0) is 80.7 Å². The highest BCUT2D eigenvalue weighted by Gasteiger charge is 2.24. The second kappa shape index (κ2) is 9.25. The number of piperidine rings is 1. The van der Waals surface area contributed by atoms with Gasteiger partial charge >= 0.3 is 0 Å². The quantitative estimate of drug-likeness (QED) is 0.607. The lowest BCUT2D eigenvalue weighted by atomic mass is 10.0. The van der Waals surface area contributed by atoms with Crippen molar-refractivity contribution in [1.82, 2.24) is 10.2 Å². The summed E-state index contributed by atoms with van der Waals surface area (Å²) in [5.41, 5.74) is 3.37. The van der Waals surface area contributed by atoms with Crippen molar-refractivity contribution >= 4 is 28.5 Å². The van der Waals surface area contributed by atoms with Crippen molar-refractivity contribution in [2.45, 2.75) is 39.2 Å². The number of aryl methyl sites for hydroxylation is 2. The lowest BCUT2D eigenvalue weighted by Gasteiger charge is -2.35. The Bertz CT molecular complexity index is 1150. The fourth-order valence-corrected chi connectivity index (χ4v) is 4.30. The molecule has 2 heterocycles. The zero-order valence-corrected chi connectivity index (χ0v) is 18.7. The number of nitrogens with one attached hydrogen (secondary N) is 1. The first-order valence-electron chi connectivity index (χ1n) is 10.8. The average molecular weight is 439 g/mol. The Kier molecular flexibility index (Phi) is 6.44. The number of halogens is 1. The van der Waals surface area contributed by atoms with Gasteiger partial charge in [-0.25, -0.2) is 0 Å². The standard InChI is InChI=1S/C25H27ClN2O3/c1-16-12-20-22(29)14-24(31-23(20)13-17(16)2)25(30)27-15-21(28-10-4-3-5-11-28)18-6-8-19(26)9-7-18/h6-9,12-14,21H,3-5,10-11,15H2,1-2H3,(H,27,30)/t21-/m1/s1. The maximum Gasteiger partial charge on any atom is 0.287 e. The minimum Gasteiger partial charge on any atom is -0.451 e. The van der Waals surface area contributed by atoms with Crippen molar-refractivity contribution in [3.05, 3.63) is 80.2 Å². The molecule has 2 aromatic carbocycles. The minimum atomic E-state index is -0.381. The van der Waals surface area contributed by atoms with Crippen molar-refractivity contribution in [1.29, 1.82) is 0 Å². The fraction of sp³-hybridized carbons (Fsp3) is 0.360. The van der Waals surface area contributed by atoms with E-state index >= 15 is 0 Å². The fourth-order valence-electron chi connectivity index (χ4n) is 4.17. The van der Waals surface area contributed by atoms with E-state index in [4.69, 9.17) is 16.0 Å². The van der Waals surface area contributed by atoms with Crippen molar-refractivity contribution in [3.63, 3.8) is 0 Å². The van der Waals surface area contributed by atoms with E-state index in [1.54, 1.807) is 0 Å². The molecule has 1 aliphatic rings. The number of amides is 1. The minimum absolute atomic E-state index is 0.0363. The van der Waals surface area contributed by atoms with Gasteiger partial charge in [-0.2, -0.15) is 0 Å². The maximum absolute atomic E-state index is 12.9. The van der Waals surface area contributed by atoms with Crippen LogP contribution in [0.1, 0.15) is 52.5 Å². The number of fused-ring (bicyclic) bond motifs is 1. The maximum atomic E-state index is 12.9. The third-order valence-corrected chi connectivity index (χ3v) is 6.36. The van der Waals surface area contributed by atoms with Crippen LogP contribution in [0.2, 0.25) is 5.02 Å². The Labute approximate surface area is 187 Å². The molecule has 1 fully saturated rings. The molecule has 0 spiro atoms. The summed E-state index contributed by atoms with van der Waals surface area (Å²) in [5.74, 6) is -0.345. The zero-order valence-electron chi connectivity index (χ0n) is 17.9. The second-order valence-corrected chi connectivity index (χ2v) is 8.72. The lowest BCUT2D eigenvalue weighted by molar-refractivity contribution is 0.0897. The Morgan fingerprint density at radius 2 is 1.74 bits per heavy atom. The van der Waals surface area contributed by atoms with Gasteiger partial charge in [0, 0.05) is 17.6 Å². The van der Waals surface area contributed by atoms with Crippen LogP contribution in [0, 0.1) is 13.8 Å². The van der Waals surface area contributed by atoms with Gasteiger partial charge in [-0.15, -0.1) is 0 Å². The average Bonchev–Trinajstić information content (AvgIpc) is 2.77. The molecule has 0 bridgehead atoms. The molecule has 4 rings (SSSR count). The molecule has 3 aromatic rings. The van der Waals surface area contributed by atoms with Gasteiger partial charge in [0.25, 0.3) is 5.91 Å². The summed E-state index contributed by atoms with van der Waals surface area (Å²) in [4.78, 5) is 27.8. The van der Waals surface area contributed by atoms with Crippen LogP contribution in [0.4, 0.5) is 0 Å². The molecule has 0 aliphatic carbocycles. The molecule has 5 nitrogen and oxygen atoms in total. The van der Waals surface area contributed by atoms with Crippen molar-refractivity contribution in [3.8, 4) is 0 Å². The largest absolute Gasteiger partial charge is 0.451 e. The highest BCUT2D eigenvalue weighted by atomic mass is 35.5. The molecular weight excluding hydrogens is 412 g/mol. The van der Waals surface area contributed by atoms with E-state index in [9.17, 15) is 9.59 Å². The van der Waals surface area contributed by atoms with Gasteiger partial charge in [0.05, 0.1) is 11.4 Å². The molecule has 6 heteroatoms. The van der Waals surface area contributed by atoms with Crippen LogP contribution in [-0.2, 0) is 0 Å². The molecule has 1 atom stereocenters. The highest BCUT2D eigenvalue weighted by Crippen LogP contribution is 2.25. The van der Waals surface area contributed by atoms with Crippen LogP contribution in [-0.4, -0.2) is 30.4 Å². The number of rotatable bonds is 5. The monoisotopic (exact) mass is 438 g/mol. The summed E-state index contributed by atoms with van der Waals surface area (Å²) < 4.78 is 5.80. The molecule has 0 unspecified atom stereocenters. The van der Waals surface area contributed by atoms with Crippen LogP contribution in [0.25, 0.3) is 11.0 Å². The van der Waals surface area contributed by atoms with E-state index in [-0.39, 0.29) is 23.1 Å². The molecule has 0 saturated carbocycles. The summed E-state index contributed by atoms with van der Waals surface area (Å²) >= 11 is 6.07. The highest BCUT2D eigenvalue weighted by molar-refractivity contribution is 6.30. The molecule has 1 N–H and O–H groups in total.